The second-order valence-electron chi connectivity index (χ2n) is 7.08. The first-order valence-corrected chi connectivity index (χ1v) is 8.80. The molecule has 0 atom stereocenters. The number of phenolic OH excluding ortho intramolecular Hbond substituents is 1. The Morgan fingerprint density at radius 1 is 0.920 bits per heavy atom. The summed E-state index contributed by atoms with van der Waals surface area (Å²) >= 11 is 0. The first kappa shape index (κ1) is 15.9. The summed E-state index contributed by atoms with van der Waals surface area (Å²) in [5.74, 6) is 0.321. The highest BCUT2D eigenvalue weighted by atomic mass is 16.3. The molecule has 1 aliphatic rings. The second kappa shape index (κ2) is 6.38. The normalized spacial score (nSPS) is 14.2. The Hall–Kier alpha value is -2.58. The molecule has 1 aliphatic carbocycles. The molecular weight excluding hydrogens is 306 g/mol. The van der Waals surface area contributed by atoms with Crippen LogP contribution in [-0.4, -0.2) is 30.6 Å². The zero-order chi connectivity index (χ0) is 17.4. The van der Waals surface area contributed by atoms with Gasteiger partial charge in [-0.25, -0.2) is 0 Å². The molecule has 0 radical (unpaired) electrons. The first-order valence-electron chi connectivity index (χ1n) is 8.80. The van der Waals surface area contributed by atoms with E-state index >= 15 is 0 Å². The molecule has 2 nitrogen and oxygen atoms in total. The van der Waals surface area contributed by atoms with Crippen LogP contribution in [0.3, 0.4) is 0 Å². The highest BCUT2D eigenvalue weighted by Crippen LogP contribution is 2.40. The number of likely N-dealkylation sites (N-methyl/N-ethyl adjacent to an activating group) is 1. The van der Waals surface area contributed by atoms with Crippen molar-refractivity contribution in [3.8, 4) is 5.75 Å². The number of hydrogen-bond donors (Lipinski definition) is 1. The number of aryl methyl sites for hydroxylation is 1. The fourth-order valence-corrected chi connectivity index (χ4v) is 3.99. The third kappa shape index (κ3) is 2.94. The summed E-state index contributed by atoms with van der Waals surface area (Å²) in [4.78, 5) is 2.23. The van der Waals surface area contributed by atoms with Crippen molar-refractivity contribution in [3.05, 3.63) is 82.9 Å². The highest BCUT2D eigenvalue weighted by molar-refractivity contribution is 5.95. The van der Waals surface area contributed by atoms with E-state index in [2.05, 4.69) is 61.5 Å². The molecule has 0 saturated carbocycles. The molecule has 0 saturated heterocycles. The van der Waals surface area contributed by atoms with Crippen molar-refractivity contribution in [1.29, 1.82) is 0 Å². The molecule has 25 heavy (non-hydrogen) atoms. The number of phenols is 1. The van der Waals surface area contributed by atoms with Crippen LogP contribution >= 0.6 is 0 Å². The van der Waals surface area contributed by atoms with Gasteiger partial charge >= 0.3 is 0 Å². The van der Waals surface area contributed by atoms with Crippen LogP contribution in [0, 0.1) is 0 Å². The van der Waals surface area contributed by atoms with Gasteiger partial charge in [-0.3, -0.25) is 0 Å². The molecule has 0 spiro atoms. The lowest BCUT2D eigenvalue weighted by Crippen LogP contribution is -2.19. The van der Waals surface area contributed by atoms with Gasteiger partial charge < -0.3 is 10.0 Å². The molecule has 3 aromatic carbocycles. The van der Waals surface area contributed by atoms with E-state index in [-0.39, 0.29) is 0 Å². The molecule has 0 aromatic heterocycles. The minimum absolute atomic E-state index is 0.321. The van der Waals surface area contributed by atoms with E-state index in [1.807, 2.05) is 12.1 Å². The van der Waals surface area contributed by atoms with E-state index < -0.39 is 0 Å². The van der Waals surface area contributed by atoms with Gasteiger partial charge in [-0.05, 0) is 77.7 Å². The van der Waals surface area contributed by atoms with E-state index in [4.69, 9.17) is 0 Å². The van der Waals surface area contributed by atoms with Crippen LogP contribution in [0.25, 0.3) is 16.3 Å². The van der Waals surface area contributed by atoms with Gasteiger partial charge in [0, 0.05) is 6.54 Å². The van der Waals surface area contributed by atoms with Crippen molar-refractivity contribution in [2.24, 2.45) is 0 Å². The average Bonchev–Trinajstić information content (AvgIpc) is 2.60. The first-order chi connectivity index (χ1) is 12.1. The van der Waals surface area contributed by atoms with Gasteiger partial charge in [-0.1, -0.05) is 48.5 Å². The van der Waals surface area contributed by atoms with Crippen LogP contribution in [-0.2, 0) is 6.42 Å². The summed E-state index contributed by atoms with van der Waals surface area (Å²) in [6.45, 7) is 0.942. The molecule has 126 valence electrons. The average molecular weight is 329 g/mol. The van der Waals surface area contributed by atoms with Crippen molar-refractivity contribution >= 4 is 16.3 Å². The minimum Gasteiger partial charge on any atom is -0.508 e. The Balaban J connectivity index is 1.98. The Kier molecular flexibility index (Phi) is 4.06. The second-order valence-corrected chi connectivity index (χ2v) is 7.08. The van der Waals surface area contributed by atoms with Crippen LogP contribution in [0.15, 0.2) is 66.2 Å². The van der Waals surface area contributed by atoms with Gasteiger partial charge in [0.05, 0.1) is 0 Å². The number of nitrogens with zero attached hydrogens (tertiary/aromatic N) is 1. The maximum atomic E-state index is 10.00. The number of hydrogen-bond acceptors (Lipinski definition) is 2. The van der Waals surface area contributed by atoms with E-state index in [1.165, 1.54) is 33.0 Å². The molecule has 0 unspecified atom stereocenters. The molecule has 0 amide bonds. The molecule has 3 aromatic rings. The van der Waals surface area contributed by atoms with Crippen LogP contribution in [0.1, 0.15) is 23.1 Å². The third-order valence-electron chi connectivity index (χ3n) is 4.98. The maximum Gasteiger partial charge on any atom is 0.116 e. The Bertz CT molecular complexity index is 969. The summed E-state index contributed by atoms with van der Waals surface area (Å²) in [5, 5.41) is 12.6. The predicted molar refractivity (Wildman–Crippen MR) is 105 cm³/mol. The van der Waals surface area contributed by atoms with Gasteiger partial charge in [0.15, 0.2) is 0 Å². The predicted octanol–water partition coefficient (Wildman–Crippen LogP) is 4.86. The molecule has 1 N–H and O–H groups in total. The fourth-order valence-electron chi connectivity index (χ4n) is 3.99. The van der Waals surface area contributed by atoms with Crippen molar-refractivity contribution < 1.29 is 5.11 Å². The van der Waals surface area contributed by atoms with Crippen LogP contribution in [0.2, 0.25) is 0 Å². The van der Waals surface area contributed by atoms with Crippen LogP contribution in [0.5, 0.6) is 5.75 Å². The van der Waals surface area contributed by atoms with Crippen LogP contribution < -0.4 is 0 Å². The van der Waals surface area contributed by atoms with Gasteiger partial charge in [0.2, 0.25) is 0 Å². The third-order valence-corrected chi connectivity index (χ3v) is 4.98. The molecule has 0 heterocycles. The summed E-state index contributed by atoms with van der Waals surface area (Å²) < 4.78 is 0. The molecular formula is C23H23NO. The monoisotopic (exact) mass is 329 g/mol. The molecule has 2 heteroatoms. The highest BCUT2D eigenvalue weighted by Gasteiger charge is 2.22. The topological polar surface area (TPSA) is 23.5 Å². The number of benzene rings is 3. The van der Waals surface area contributed by atoms with E-state index in [1.54, 1.807) is 6.07 Å². The van der Waals surface area contributed by atoms with Gasteiger partial charge in [-0.2, -0.15) is 0 Å². The van der Waals surface area contributed by atoms with Crippen molar-refractivity contribution in [2.45, 2.75) is 12.8 Å². The molecule has 4 rings (SSSR count). The number of rotatable bonds is 3. The SMILES string of the molecule is CN(C)CC1=C(c2cccc(O)c2)c2ccc3ccccc3c2CC1. The van der Waals surface area contributed by atoms with E-state index in [0.29, 0.717) is 5.75 Å². The van der Waals surface area contributed by atoms with E-state index in [0.717, 1.165) is 24.9 Å². The van der Waals surface area contributed by atoms with Crippen LogP contribution in [0.4, 0.5) is 0 Å². The number of fused-ring (bicyclic) bond motifs is 3. The van der Waals surface area contributed by atoms with Crippen molar-refractivity contribution in [2.75, 3.05) is 20.6 Å². The Morgan fingerprint density at radius 2 is 1.76 bits per heavy atom. The minimum atomic E-state index is 0.321. The largest absolute Gasteiger partial charge is 0.508 e. The zero-order valence-electron chi connectivity index (χ0n) is 14.8. The summed E-state index contributed by atoms with van der Waals surface area (Å²) in [7, 11) is 4.23. The van der Waals surface area contributed by atoms with Gasteiger partial charge in [0.1, 0.15) is 5.75 Å². The Labute approximate surface area is 149 Å². The van der Waals surface area contributed by atoms with Crippen molar-refractivity contribution in [1.82, 2.24) is 4.90 Å². The lowest BCUT2D eigenvalue weighted by Gasteiger charge is -2.27. The summed E-state index contributed by atoms with van der Waals surface area (Å²) in [5.41, 5.74) is 6.58. The smallest absolute Gasteiger partial charge is 0.116 e. The Morgan fingerprint density at radius 3 is 2.56 bits per heavy atom. The summed E-state index contributed by atoms with van der Waals surface area (Å²) in [6, 6.07) is 20.8. The number of aromatic hydroxyl groups is 1. The molecule has 0 fully saturated rings. The zero-order valence-corrected chi connectivity index (χ0v) is 14.8. The van der Waals surface area contributed by atoms with Gasteiger partial charge in [-0.15, -0.1) is 0 Å². The molecule has 0 aliphatic heterocycles. The quantitative estimate of drug-likeness (QED) is 0.742. The lowest BCUT2D eigenvalue weighted by molar-refractivity contribution is 0.439. The van der Waals surface area contributed by atoms with E-state index in [9.17, 15) is 5.11 Å². The standard InChI is InChI=1S/C23H23NO/c1-24(2)15-18-11-12-21-20-9-4-3-6-16(20)10-13-22(21)23(18)17-7-5-8-19(25)14-17/h3-10,13-14,25H,11-12,15H2,1-2H3. The maximum absolute atomic E-state index is 10.00. The molecule has 0 bridgehead atoms. The van der Waals surface area contributed by atoms with Crippen molar-refractivity contribution in [3.63, 3.8) is 0 Å². The fraction of sp³-hybridized carbons (Fsp3) is 0.217. The van der Waals surface area contributed by atoms with Gasteiger partial charge in [0.25, 0.3) is 0 Å². The summed E-state index contributed by atoms with van der Waals surface area (Å²) in [6.07, 6.45) is 2.13. The lowest BCUT2D eigenvalue weighted by atomic mass is 9.80.